The maximum atomic E-state index is 13.6. The maximum Gasteiger partial charge on any atom is 0.261 e. The second-order valence-corrected chi connectivity index (χ2v) is 11.7. The number of nitrogens with zero attached hydrogens (tertiary/aromatic N) is 4. The molecule has 11 heteroatoms. The van der Waals surface area contributed by atoms with E-state index in [0.717, 1.165) is 54.7 Å². The molecule has 2 saturated carbocycles. The van der Waals surface area contributed by atoms with Gasteiger partial charge in [0.2, 0.25) is 5.92 Å². The Morgan fingerprint density at radius 2 is 1.75 bits per heavy atom. The van der Waals surface area contributed by atoms with Crippen LogP contribution in [-0.2, 0) is 0 Å². The number of alkyl halides is 4. The van der Waals surface area contributed by atoms with Gasteiger partial charge in [0, 0.05) is 56.5 Å². The summed E-state index contributed by atoms with van der Waals surface area (Å²) in [6, 6.07) is 2.41. The summed E-state index contributed by atoms with van der Waals surface area (Å²) in [5.74, 6) is -2.67. The molecule has 5 rings (SSSR count). The van der Waals surface area contributed by atoms with Crippen LogP contribution in [0.3, 0.4) is 0 Å². The van der Waals surface area contributed by atoms with E-state index in [2.05, 4.69) is 15.3 Å². The van der Waals surface area contributed by atoms with Crippen LogP contribution in [0.5, 0.6) is 0 Å². The van der Waals surface area contributed by atoms with Crippen molar-refractivity contribution < 1.29 is 22.4 Å². The molecule has 3 fully saturated rings. The Morgan fingerprint density at radius 3 is 2.39 bits per heavy atom. The number of fused-ring (bicyclic) bond motifs is 1. The topological polar surface area (TPSA) is 53.4 Å². The molecular formula is C25H35F4N5OS. The van der Waals surface area contributed by atoms with Gasteiger partial charge in [0.15, 0.2) is 0 Å². The molecule has 36 heavy (non-hydrogen) atoms. The highest BCUT2D eigenvalue weighted by Gasteiger charge is 2.37. The number of piperazine rings is 1. The van der Waals surface area contributed by atoms with Crippen LogP contribution >= 0.6 is 11.3 Å². The van der Waals surface area contributed by atoms with Gasteiger partial charge in [0.25, 0.3) is 12.3 Å². The van der Waals surface area contributed by atoms with E-state index in [1.165, 1.54) is 11.3 Å². The molecule has 2 aromatic heterocycles. The van der Waals surface area contributed by atoms with Crippen LogP contribution in [-0.4, -0.2) is 82.6 Å². The molecule has 3 heterocycles. The predicted molar refractivity (Wildman–Crippen MR) is 132 cm³/mol. The summed E-state index contributed by atoms with van der Waals surface area (Å²) in [5.41, 5.74) is 0.826. The number of rotatable bonds is 6. The molecular weight excluding hydrogens is 494 g/mol. The molecule has 0 radical (unpaired) electrons. The number of halogens is 4. The highest BCUT2D eigenvalue weighted by atomic mass is 32.1. The molecule has 0 atom stereocenters. The summed E-state index contributed by atoms with van der Waals surface area (Å²) in [4.78, 5) is 18.8. The van der Waals surface area contributed by atoms with Gasteiger partial charge in [0.05, 0.1) is 23.2 Å². The lowest BCUT2D eigenvalue weighted by Crippen LogP contribution is -2.52. The Morgan fingerprint density at radius 1 is 1.08 bits per heavy atom. The zero-order chi connectivity index (χ0) is 25.4. The fourth-order valence-electron chi connectivity index (χ4n) is 6.05. The second kappa shape index (κ2) is 10.6. The van der Waals surface area contributed by atoms with Crippen LogP contribution in [0.4, 0.5) is 17.6 Å². The van der Waals surface area contributed by atoms with Crippen LogP contribution in [0.25, 0.3) is 10.2 Å². The smallest absolute Gasteiger partial charge is 0.261 e. The van der Waals surface area contributed by atoms with Crippen molar-refractivity contribution >= 4 is 27.5 Å². The Hall–Kier alpha value is -1.72. The zero-order valence-electron chi connectivity index (χ0n) is 20.7. The number of aromatic nitrogens is 2. The molecule has 200 valence electrons. The number of hydrogen-bond acceptors (Lipinski definition) is 5. The van der Waals surface area contributed by atoms with E-state index in [0.29, 0.717) is 36.9 Å². The van der Waals surface area contributed by atoms with Crippen molar-refractivity contribution in [2.75, 3.05) is 32.7 Å². The number of hydrogen-bond donors (Lipinski definition) is 1. The first-order chi connectivity index (χ1) is 17.2. The molecule has 0 spiro atoms. The Kier molecular flexibility index (Phi) is 7.61. The monoisotopic (exact) mass is 529 g/mol. The predicted octanol–water partition coefficient (Wildman–Crippen LogP) is 5.08. The van der Waals surface area contributed by atoms with Crippen molar-refractivity contribution in [1.82, 2.24) is 24.9 Å². The van der Waals surface area contributed by atoms with Crippen molar-refractivity contribution in [2.45, 2.75) is 88.8 Å². The number of carbonyl (C=O) groups excluding carboxylic acids is 1. The lowest BCUT2D eigenvalue weighted by molar-refractivity contribution is -0.0445. The molecule has 6 nitrogen and oxygen atoms in total. The quantitative estimate of drug-likeness (QED) is 0.531. The second-order valence-electron chi connectivity index (χ2n) is 10.7. The van der Waals surface area contributed by atoms with Gasteiger partial charge in [0.1, 0.15) is 4.83 Å². The fraction of sp³-hybridized carbons (Fsp3) is 0.760. The minimum atomic E-state index is -2.58. The molecule has 1 saturated heterocycles. The van der Waals surface area contributed by atoms with Crippen LogP contribution in [0.2, 0.25) is 0 Å². The van der Waals surface area contributed by atoms with E-state index < -0.39 is 12.3 Å². The number of carbonyl (C=O) groups is 1. The van der Waals surface area contributed by atoms with Gasteiger partial charge < -0.3 is 5.32 Å². The fourth-order valence-corrected chi connectivity index (χ4v) is 7.19. The lowest BCUT2D eigenvalue weighted by Gasteiger charge is -2.42. The van der Waals surface area contributed by atoms with Crippen molar-refractivity contribution in [1.29, 1.82) is 0 Å². The molecule has 2 aliphatic carbocycles. The van der Waals surface area contributed by atoms with E-state index in [-0.39, 0.29) is 37.4 Å². The highest BCUT2D eigenvalue weighted by molar-refractivity contribution is 7.20. The lowest BCUT2D eigenvalue weighted by atomic mass is 9.89. The van der Waals surface area contributed by atoms with Gasteiger partial charge in [-0.05, 0) is 51.5 Å². The third kappa shape index (κ3) is 5.72. The summed E-state index contributed by atoms with van der Waals surface area (Å²) in [5, 5.41) is 8.74. The minimum Gasteiger partial charge on any atom is -0.349 e. The molecule has 3 aliphatic rings. The van der Waals surface area contributed by atoms with E-state index >= 15 is 0 Å². The van der Waals surface area contributed by atoms with Crippen LogP contribution < -0.4 is 5.32 Å². The molecule has 0 unspecified atom stereocenters. The standard InChI is InChI=1S/C25H35F4N5OS/c1-16-20-14-21(36-24(20)34(31-16)19-6-8-25(28,29)9-7-19)23(35)30-17-2-4-18(5-3-17)33-12-10-32(11-13-33)15-22(26)27/h14,17-19,22H,2-13,15H2,1H3,(H,30,35). The summed E-state index contributed by atoms with van der Waals surface area (Å²) in [6.45, 7) is 4.79. The van der Waals surface area contributed by atoms with Gasteiger partial charge in [-0.2, -0.15) is 5.10 Å². The summed E-state index contributed by atoms with van der Waals surface area (Å²) in [6.07, 6.45) is 2.07. The van der Waals surface area contributed by atoms with Gasteiger partial charge >= 0.3 is 0 Å². The summed E-state index contributed by atoms with van der Waals surface area (Å²) in [7, 11) is 0. The molecule has 0 aromatic carbocycles. The first-order valence-corrected chi connectivity index (χ1v) is 13.9. The molecule has 2 aromatic rings. The average Bonchev–Trinajstić information content (AvgIpc) is 3.41. The average molecular weight is 530 g/mol. The molecule has 1 N–H and O–H groups in total. The highest BCUT2D eigenvalue weighted by Crippen LogP contribution is 2.41. The van der Waals surface area contributed by atoms with Crippen molar-refractivity contribution in [3.05, 3.63) is 16.6 Å². The number of amides is 1. The van der Waals surface area contributed by atoms with Crippen molar-refractivity contribution in [3.8, 4) is 0 Å². The van der Waals surface area contributed by atoms with E-state index in [4.69, 9.17) is 0 Å². The number of thiophene rings is 1. The van der Waals surface area contributed by atoms with E-state index in [1.54, 1.807) is 0 Å². The van der Waals surface area contributed by atoms with Crippen molar-refractivity contribution in [2.24, 2.45) is 0 Å². The Bertz CT molecular complexity index is 1050. The largest absolute Gasteiger partial charge is 0.349 e. The van der Waals surface area contributed by atoms with E-state index in [9.17, 15) is 22.4 Å². The van der Waals surface area contributed by atoms with Crippen LogP contribution in [0.1, 0.15) is 72.8 Å². The van der Waals surface area contributed by atoms with E-state index in [1.807, 2.05) is 22.6 Å². The first-order valence-electron chi connectivity index (χ1n) is 13.1. The first kappa shape index (κ1) is 25.9. The number of nitrogens with one attached hydrogen (secondary N) is 1. The van der Waals surface area contributed by atoms with Gasteiger partial charge in [-0.25, -0.2) is 17.6 Å². The molecule has 1 aliphatic heterocycles. The van der Waals surface area contributed by atoms with Gasteiger partial charge in [-0.15, -0.1) is 11.3 Å². The van der Waals surface area contributed by atoms with Crippen LogP contribution in [0.15, 0.2) is 6.07 Å². The SMILES string of the molecule is Cc1nn(C2CCC(F)(F)CC2)c2sc(C(=O)NC3CCC(N4CCN(CC(F)F)CC4)CC3)cc12. The molecule has 0 bridgehead atoms. The number of aryl methyl sites for hydroxylation is 1. The Labute approximate surface area is 213 Å². The third-order valence-electron chi connectivity index (χ3n) is 8.18. The maximum absolute atomic E-state index is 13.6. The van der Waals surface area contributed by atoms with Crippen LogP contribution in [0, 0.1) is 6.92 Å². The normalized spacial score (nSPS) is 26.6. The Balaban J connectivity index is 1.14. The zero-order valence-corrected chi connectivity index (χ0v) is 21.5. The third-order valence-corrected chi connectivity index (χ3v) is 9.30. The summed E-state index contributed by atoms with van der Waals surface area (Å²) >= 11 is 1.40. The minimum absolute atomic E-state index is 0.0529. The van der Waals surface area contributed by atoms with Crippen molar-refractivity contribution in [3.63, 3.8) is 0 Å². The summed E-state index contributed by atoms with van der Waals surface area (Å²) < 4.78 is 54.3. The molecule has 1 amide bonds. The van der Waals surface area contributed by atoms with Gasteiger partial charge in [-0.3, -0.25) is 19.3 Å². The van der Waals surface area contributed by atoms with Gasteiger partial charge in [-0.1, -0.05) is 0 Å².